The second kappa shape index (κ2) is 7.35. The molecule has 1 heterocycles. The molecule has 1 aliphatic heterocycles. The summed E-state index contributed by atoms with van der Waals surface area (Å²) in [6, 6.07) is 10.5. The molecule has 1 unspecified atom stereocenters. The zero-order valence-corrected chi connectivity index (χ0v) is 16.2. The lowest BCUT2D eigenvalue weighted by Gasteiger charge is -2.24. The third-order valence-corrected chi connectivity index (χ3v) is 5.40. The predicted molar refractivity (Wildman–Crippen MR) is 104 cm³/mol. The summed E-state index contributed by atoms with van der Waals surface area (Å²) < 4.78 is 17.0. The fourth-order valence-corrected chi connectivity index (χ4v) is 3.81. The van der Waals surface area contributed by atoms with E-state index in [0.29, 0.717) is 0 Å². The monoisotopic (exact) mass is 366 g/mol. The standard InChI is InChI=1S/C23H26O4/c1-14-6-7-15(2)21(22(23(24)25-3)27-18-9-10-18)20(14)17-8-11-19-16(13-17)5-4-12-26-19/h6-8,11,13,18,22H,4-5,9-10,12H2,1-3H3. The minimum atomic E-state index is -0.690. The van der Waals surface area contributed by atoms with Gasteiger partial charge in [0.1, 0.15) is 5.75 Å². The Kier molecular flexibility index (Phi) is 4.92. The number of methoxy groups -OCH3 is 1. The van der Waals surface area contributed by atoms with Gasteiger partial charge in [-0.2, -0.15) is 0 Å². The van der Waals surface area contributed by atoms with Crippen LogP contribution in [0.1, 0.15) is 47.6 Å². The number of benzene rings is 2. The quantitative estimate of drug-likeness (QED) is 0.720. The van der Waals surface area contributed by atoms with Gasteiger partial charge in [-0.3, -0.25) is 0 Å². The molecule has 1 saturated carbocycles. The summed E-state index contributed by atoms with van der Waals surface area (Å²) in [5, 5.41) is 0. The van der Waals surface area contributed by atoms with Gasteiger partial charge in [-0.15, -0.1) is 0 Å². The average molecular weight is 366 g/mol. The van der Waals surface area contributed by atoms with Crippen LogP contribution in [-0.4, -0.2) is 25.8 Å². The van der Waals surface area contributed by atoms with Crippen molar-refractivity contribution in [2.45, 2.75) is 51.7 Å². The van der Waals surface area contributed by atoms with E-state index in [1.807, 2.05) is 13.0 Å². The van der Waals surface area contributed by atoms with Gasteiger partial charge in [0, 0.05) is 5.56 Å². The third kappa shape index (κ3) is 3.59. The Hall–Kier alpha value is -2.33. The van der Waals surface area contributed by atoms with Gasteiger partial charge in [0.05, 0.1) is 19.8 Å². The lowest BCUT2D eigenvalue weighted by atomic mass is 9.87. The SMILES string of the molecule is COC(=O)C(OC1CC1)c1c(C)ccc(C)c1-c1ccc2c(c1)CCCO2. The Labute approximate surface area is 160 Å². The van der Waals surface area contributed by atoms with Crippen LogP contribution in [0.4, 0.5) is 0 Å². The van der Waals surface area contributed by atoms with Crippen LogP contribution in [0.15, 0.2) is 30.3 Å². The summed E-state index contributed by atoms with van der Waals surface area (Å²) in [6.45, 7) is 4.90. The number of ether oxygens (including phenoxy) is 3. The Morgan fingerprint density at radius 2 is 1.93 bits per heavy atom. The molecule has 2 aromatic rings. The van der Waals surface area contributed by atoms with E-state index in [9.17, 15) is 4.79 Å². The smallest absolute Gasteiger partial charge is 0.339 e. The number of fused-ring (bicyclic) bond motifs is 1. The molecule has 2 aliphatic rings. The number of aryl methyl sites for hydroxylation is 3. The van der Waals surface area contributed by atoms with Crippen molar-refractivity contribution in [3.63, 3.8) is 0 Å². The number of hydrogen-bond donors (Lipinski definition) is 0. The van der Waals surface area contributed by atoms with Crippen molar-refractivity contribution in [1.82, 2.24) is 0 Å². The van der Waals surface area contributed by atoms with Crippen LogP contribution in [0, 0.1) is 13.8 Å². The van der Waals surface area contributed by atoms with Crippen LogP contribution >= 0.6 is 0 Å². The van der Waals surface area contributed by atoms with E-state index in [1.54, 1.807) is 0 Å². The molecule has 0 amide bonds. The number of carbonyl (C=O) groups excluding carboxylic acids is 1. The van der Waals surface area contributed by atoms with E-state index < -0.39 is 6.10 Å². The molecular formula is C23H26O4. The molecule has 4 rings (SSSR count). The number of esters is 1. The van der Waals surface area contributed by atoms with E-state index in [0.717, 1.165) is 65.9 Å². The predicted octanol–water partition coefficient (Wildman–Crippen LogP) is 4.69. The highest BCUT2D eigenvalue weighted by Crippen LogP contribution is 2.41. The second-order valence-corrected chi connectivity index (χ2v) is 7.50. The average Bonchev–Trinajstić information content (AvgIpc) is 3.51. The Bertz CT molecular complexity index is 867. The zero-order valence-electron chi connectivity index (χ0n) is 16.2. The first-order chi connectivity index (χ1) is 13.1. The summed E-state index contributed by atoms with van der Waals surface area (Å²) in [6.07, 6.45) is 3.52. The molecule has 142 valence electrons. The van der Waals surface area contributed by atoms with Gasteiger partial charge in [0.2, 0.25) is 0 Å². The summed E-state index contributed by atoms with van der Waals surface area (Å²) in [5.41, 5.74) is 6.48. The molecule has 0 N–H and O–H groups in total. The first-order valence-electron chi connectivity index (χ1n) is 9.68. The lowest BCUT2D eigenvalue weighted by Crippen LogP contribution is -2.21. The molecule has 0 bridgehead atoms. The molecule has 27 heavy (non-hydrogen) atoms. The van der Waals surface area contributed by atoms with Gasteiger partial charge >= 0.3 is 5.97 Å². The number of rotatable bonds is 5. The van der Waals surface area contributed by atoms with Crippen molar-refractivity contribution in [1.29, 1.82) is 0 Å². The van der Waals surface area contributed by atoms with Crippen LogP contribution in [0.3, 0.4) is 0 Å². The Balaban J connectivity index is 1.85. The van der Waals surface area contributed by atoms with Crippen molar-refractivity contribution in [3.05, 3.63) is 52.6 Å². The minimum Gasteiger partial charge on any atom is -0.493 e. The van der Waals surface area contributed by atoms with Gasteiger partial charge in [-0.1, -0.05) is 18.2 Å². The fraction of sp³-hybridized carbons (Fsp3) is 0.435. The third-order valence-electron chi connectivity index (χ3n) is 5.40. The van der Waals surface area contributed by atoms with Crippen molar-refractivity contribution in [2.75, 3.05) is 13.7 Å². The highest BCUT2D eigenvalue weighted by molar-refractivity contribution is 5.83. The van der Waals surface area contributed by atoms with Crippen molar-refractivity contribution in [2.24, 2.45) is 0 Å². The molecule has 0 saturated heterocycles. The molecule has 1 fully saturated rings. The second-order valence-electron chi connectivity index (χ2n) is 7.50. The van der Waals surface area contributed by atoms with Crippen molar-refractivity contribution < 1.29 is 19.0 Å². The van der Waals surface area contributed by atoms with E-state index in [4.69, 9.17) is 14.2 Å². The lowest BCUT2D eigenvalue weighted by molar-refractivity contribution is -0.155. The first kappa shape index (κ1) is 18.1. The molecule has 0 aromatic heterocycles. The van der Waals surface area contributed by atoms with Gasteiger partial charge in [-0.25, -0.2) is 4.79 Å². The van der Waals surface area contributed by atoms with Gasteiger partial charge < -0.3 is 14.2 Å². The summed E-state index contributed by atoms with van der Waals surface area (Å²) in [7, 11) is 1.42. The summed E-state index contributed by atoms with van der Waals surface area (Å²) >= 11 is 0. The van der Waals surface area contributed by atoms with Gasteiger partial charge in [0.15, 0.2) is 6.10 Å². The summed E-state index contributed by atoms with van der Waals surface area (Å²) in [4.78, 5) is 12.6. The molecule has 1 atom stereocenters. The highest BCUT2D eigenvalue weighted by Gasteiger charge is 2.34. The molecule has 0 spiro atoms. The normalized spacial score (nSPS) is 17.0. The van der Waals surface area contributed by atoms with Crippen molar-refractivity contribution >= 4 is 5.97 Å². The minimum absolute atomic E-state index is 0.152. The number of hydrogen-bond acceptors (Lipinski definition) is 4. The topological polar surface area (TPSA) is 44.8 Å². The Morgan fingerprint density at radius 1 is 1.15 bits per heavy atom. The van der Waals surface area contributed by atoms with Gasteiger partial charge in [-0.05, 0) is 79.5 Å². The van der Waals surface area contributed by atoms with E-state index in [2.05, 4.69) is 31.2 Å². The largest absolute Gasteiger partial charge is 0.493 e. The molecule has 1 aliphatic carbocycles. The van der Waals surface area contributed by atoms with E-state index >= 15 is 0 Å². The zero-order chi connectivity index (χ0) is 19.0. The van der Waals surface area contributed by atoms with E-state index in [1.165, 1.54) is 12.7 Å². The molecule has 4 nitrogen and oxygen atoms in total. The molecule has 2 aromatic carbocycles. The van der Waals surface area contributed by atoms with Crippen molar-refractivity contribution in [3.8, 4) is 16.9 Å². The fourth-order valence-electron chi connectivity index (χ4n) is 3.81. The molecular weight excluding hydrogens is 340 g/mol. The van der Waals surface area contributed by atoms with Crippen LogP contribution in [0.5, 0.6) is 5.75 Å². The highest BCUT2D eigenvalue weighted by atomic mass is 16.6. The Morgan fingerprint density at radius 3 is 2.67 bits per heavy atom. The first-order valence-corrected chi connectivity index (χ1v) is 9.68. The molecule has 4 heteroatoms. The van der Waals surface area contributed by atoms with Crippen LogP contribution in [0.25, 0.3) is 11.1 Å². The maximum Gasteiger partial charge on any atom is 0.339 e. The van der Waals surface area contributed by atoms with Crippen LogP contribution in [0.2, 0.25) is 0 Å². The maximum absolute atomic E-state index is 12.6. The maximum atomic E-state index is 12.6. The van der Waals surface area contributed by atoms with E-state index in [-0.39, 0.29) is 12.1 Å². The van der Waals surface area contributed by atoms with Crippen LogP contribution in [-0.2, 0) is 20.7 Å². The van der Waals surface area contributed by atoms with Gasteiger partial charge in [0.25, 0.3) is 0 Å². The molecule has 0 radical (unpaired) electrons. The van der Waals surface area contributed by atoms with Crippen LogP contribution < -0.4 is 4.74 Å². The number of carbonyl (C=O) groups is 1. The summed E-state index contributed by atoms with van der Waals surface area (Å²) in [5.74, 6) is 0.633.